The van der Waals surface area contributed by atoms with Gasteiger partial charge in [0.15, 0.2) is 5.75 Å². The first kappa shape index (κ1) is 16.8. The molecule has 4 aromatic rings. The minimum atomic E-state index is -0.146. The zero-order chi connectivity index (χ0) is 19.0. The Morgan fingerprint density at radius 1 is 1.15 bits per heavy atom. The van der Waals surface area contributed by atoms with Crippen LogP contribution in [0, 0.1) is 0 Å². The number of nitrogens with zero attached hydrogens (tertiary/aromatic N) is 5. The van der Waals surface area contributed by atoms with E-state index in [9.17, 15) is 4.79 Å². The van der Waals surface area contributed by atoms with E-state index in [1.165, 1.54) is 12.0 Å². The number of aromatic amines is 1. The van der Waals surface area contributed by atoms with E-state index in [2.05, 4.69) is 20.5 Å². The Kier molecular flexibility index (Phi) is 4.08. The van der Waals surface area contributed by atoms with Crippen molar-refractivity contribution in [2.24, 2.45) is 0 Å². The first-order chi connectivity index (χ1) is 13.1. The summed E-state index contributed by atoms with van der Waals surface area (Å²) in [7, 11) is 4.93. The van der Waals surface area contributed by atoms with Crippen LogP contribution < -0.4 is 4.74 Å². The summed E-state index contributed by atoms with van der Waals surface area (Å²) in [5, 5.41) is 16.8. The number of hydrogen-bond acceptors (Lipinski definition) is 5. The fourth-order valence-electron chi connectivity index (χ4n) is 2.98. The van der Waals surface area contributed by atoms with Gasteiger partial charge in [0.25, 0.3) is 5.91 Å². The van der Waals surface area contributed by atoms with Gasteiger partial charge in [-0.3, -0.25) is 9.89 Å². The van der Waals surface area contributed by atoms with Gasteiger partial charge in [-0.15, -0.1) is 5.10 Å². The lowest BCUT2D eigenvalue weighted by Crippen LogP contribution is -2.22. The van der Waals surface area contributed by atoms with Gasteiger partial charge in [-0.2, -0.15) is 5.10 Å². The lowest BCUT2D eigenvalue weighted by Gasteiger charge is -2.15. The first-order valence-corrected chi connectivity index (χ1v) is 8.35. The molecule has 0 saturated carbocycles. The zero-order valence-electron chi connectivity index (χ0n) is 15.2. The number of carbonyl (C=O) groups excluding carboxylic acids is 1. The maximum atomic E-state index is 12.4. The van der Waals surface area contributed by atoms with E-state index in [0.717, 1.165) is 16.6 Å². The monoisotopic (exact) mass is 362 g/mol. The summed E-state index contributed by atoms with van der Waals surface area (Å²) in [4.78, 5) is 13.9. The Hall–Kier alpha value is -3.68. The van der Waals surface area contributed by atoms with Crippen LogP contribution in [-0.2, 0) is 0 Å². The molecule has 0 unspecified atom stereocenters. The van der Waals surface area contributed by atoms with Gasteiger partial charge in [0, 0.05) is 19.5 Å². The Labute approximate surface area is 155 Å². The van der Waals surface area contributed by atoms with Gasteiger partial charge < -0.3 is 9.64 Å². The third-order valence-corrected chi connectivity index (χ3v) is 4.29. The standard InChI is InChI=1S/C19H18N6O2/c1-24(2)19(26)13-8-6-10-16(18(13)27-3)25-11-15(21-23-25)17-12-7-4-5-9-14(12)20-22-17/h4-11H,1-3H3,(H,20,22). The third kappa shape index (κ3) is 2.80. The van der Waals surface area contributed by atoms with Crippen molar-refractivity contribution in [1.82, 2.24) is 30.1 Å². The van der Waals surface area contributed by atoms with Crippen LogP contribution in [0.2, 0.25) is 0 Å². The van der Waals surface area contributed by atoms with Crippen LogP contribution in [0.15, 0.2) is 48.7 Å². The molecule has 0 saturated heterocycles. The third-order valence-electron chi connectivity index (χ3n) is 4.29. The van der Waals surface area contributed by atoms with Crippen molar-refractivity contribution in [1.29, 1.82) is 0 Å². The average molecular weight is 362 g/mol. The van der Waals surface area contributed by atoms with Crippen molar-refractivity contribution >= 4 is 16.8 Å². The number of hydrogen-bond donors (Lipinski definition) is 1. The number of carbonyl (C=O) groups is 1. The quantitative estimate of drug-likeness (QED) is 0.603. The summed E-state index contributed by atoms with van der Waals surface area (Å²) in [5.41, 5.74) is 3.36. The molecule has 8 heteroatoms. The molecular formula is C19H18N6O2. The minimum Gasteiger partial charge on any atom is -0.494 e. The maximum Gasteiger partial charge on any atom is 0.257 e. The van der Waals surface area contributed by atoms with Gasteiger partial charge in [0.05, 0.1) is 24.4 Å². The molecule has 0 aliphatic rings. The van der Waals surface area contributed by atoms with Crippen LogP contribution in [0.4, 0.5) is 0 Å². The zero-order valence-corrected chi connectivity index (χ0v) is 15.2. The summed E-state index contributed by atoms with van der Waals surface area (Å²) < 4.78 is 7.10. The SMILES string of the molecule is COc1c(C(=O)N(C)C)cccc1-n1cc(-c2n[nH]c3ccccc23)nn1. The number of amides is 1. The summed E-state index contributed by atoms with van der Waals surface area (Å²) in [6.45, 7) is 0. The Morgan fingerprint density at radius 2 is 1.96 bits per heavy atom. The van der Waals surface area contributed by atoms with Crippen molar-refractivity contribution in [3.63, 3.8) is 0 Å². The van der Waals surface area contributed by atoms with E-state index in [1.807, 2.05) is 30.3 Å². The Bertz CT molecular complexity index is 1130. The predicted molar refractivity (Wildman–Crippen MR) is 101 cm³/mol. The molecule has 1 amide bonds. The topological polar surface area (TPSA) is 88.9 Å². The second kappa shape index (κ2) is 6.56. The number of aromatic nitrogens is 5. The highest BCUT2D eigenvalue weighted by molar-refractivity contribution is 5.98. The van der Waals surface area contributed by atoms with Gasteiger partial charge in [-0.25, -0.2) is 4.68 Å². The molecule has 0 aliphatic heterocycles. The first-order valence-electron chi connectivity index (χ1n) is 8.35. The normalized spacial score (nSPS) is 10.9. The van der Waals surface area contributed by atoms with E-state index in [-0.39, 0.29) is 5.91 Å². The molecule has 1 N–H and O–H groups in total. The fraction of sp³-hybridized carbons (Fsp3) is 0.158. The van der Waals surface area contributed by atoms with Crippen molar-refractivity contribution in [2.75, 3.05) is 21.2 Å². The Morgan fingerprint density at radius 3 is 2.74 bits per heavy atom. The van der Waals surface area contributed by atoms with Crippen LogP contribution in [0.1, 0.15) is 10.4 Å². The molecule has 0 spiro atoms. The Balaban J connectivity index is 1.80. The predicted octanol–water partition coefficient (Wildman–Crippen LogP) is 2.52. The number of benzene rings is 2. The van der Waals surface area contributed by atoms with Crippen molar-refractivity contribution in [2.45, 2.75) is 0 Å². The molecule has 0 fully saturated rings. The molecule has 2 heterocycles. The van der Waals surface area contributed by atoms with Crippen LogP contribution in [0.25, 0.3) is 28.0 Å². The molecule has 0 atom stereocenters. The number of para-hydroxylation sites is 2. The number of fused-ring (bicyclic) bond motifs is 1. The molecule has 2 aromatic heterocycles. The van der Waals surface area contributed by atoms with Gasteiger partial charge in [-0.05, 0) is 18.2 Å². The largest absolute Gasteiger partial charge is 0.494 e. The fourth-order valence-corrected chi connectivity index (χ4v) is 2.98. The van der Waals surface area contributed by atoms with Gasteiger partial charge >= 0.3 is 0 Å². The molecule has 0 aliphatic carbocycles. The lowest BCUT2D eigenvalue weighted by atomic mass is 10.1. The molecule has 27 heavy (non-hydrogen) atoms. The summed E-state index contributed by atoms with van der Waals surface area (Å²) in [5.74, 6) is 0.298. The van der Waals surface area contributed by atoms with E-state index in [4.69, 9.17) is 4.74 Å². The van der Waals surface area contributed by atoms with Gasteiger partial charge in [0.1, 0.15) is 17.1 Å². The lowest BCUT2D eigenvalue weighted by molar-refractivity contribution is 0.0824. The molecule has 8 nitrogen and oxygen atoms in total. The number of ether oxygens (including phenoxy) is 1. The van der Waals surface area contributed by atoms with Crippen molar-refractivity contribution in [3.8, 4) is 22.8 Å². The highest BCUT2D eigenvalue weighted by Crippen LogP contribution is 2.30. The van der Waals surface area contributed by atoms with E-state index in [0.29, 0.717) is 22.7 Å². The summed E-state index contributed by atoms with van der Waals surface area (Å²) >= 11 is 0. The van der Waals surface area contributed by atoms with Crippen LogP contribution in [0.3, 0.4) is 0 Å². The average Bonchev–Trinajstić information content (AvgIpc) is 3.33. The van der Waals surface area contributed by atoms with E-state index < -0.39 is 0 Å². The van der Waals surface area contributed by atoms with Crippen LogP contribution in [-0.4, -0.2) is 57.2 Å². The molecule has 4 rings (SSSR count). The van der Waals surface area contributed by atoms with Crippen LogP contribution in [0.5, 0.6) is 5.75 Å². The van der Waals surface area contributed by atoms with Gasteiger partial charge in [0.2, 0.25) is 0 Å². The van der Waals surface area contributed by atoms with Gasteiger partial charge in [-0.1, -0.05) is 29.5 Å². The number of nitrogens with one attached hydrogen (secondary N) is 1. The van der Waals surface area contributed by atoms with Crippen molar-refractivity contribution < 1.29 is 9.53 Å². The van der Waals surface area contributed by atoms with Crippen LogP contribution >= 0.6 is 0 Å². The number of H-pyrrole nitrogens is 1. The summed E-state index contributed by atoms with van der Waals surface area (Å²) in [6.07, 6.45) is 1.77. The molecule has 0 bridgehead atoms. The second-order valence-electron chi connectivity index (χ2n) is 6.22. The van der Waals surface area contributed by atoms with E-state index in [1.54, 1.807) is 37.1 Å². The minimum absolute atomic E-state index is 0.146. The molecule has 0 radical (unpaired) electrons. The molecule has 136 valence electrons. The van der Waals surface area contributed by atoms with Crippen molar-refractivity contribution in [3.05, 3.63) is 54.2 Å². The molecular weight excluding hydrogens is 344 g/mol. The number of methoxy groups -OCH3 is 1. The second-order valence-corrected chi connectivity index (χ2v) is 6.22. The highest BCUT2D eigenvalue weighted by Gasteiger charge is 2.20. The smallest absolute Gasteiger partial charge is 0.257 e. The molecule has 2 aromatic carbocycles. The highest BCUT2D eigenvalue weighted by atomic mass is 16.5. The van der Waals surface area contributed by atoms with E-state index >= 15 is 0 Å². The maximum absolute atomic E-state index is 12.4. The number of rotatable bonds is 4. The summed E-state index contributed by atoms with van der Waals surface area (Å²) in [6, 6.07) is 13.2.